The molecule has 0 fully saturated rings. The molecule has 0 aliphatic rings. The van der Waals surface area contributed by atoms with Crippen LogP contribution in [0.25, 0.3) is 0 Å². The molecule has 2 heterocycles. The van der Waals surface area contributed by atoms with E-state index >= 15 is 0 Å². The fourth-order valence-corrected chi connectivity index (χ4v) is 4.27. The minimum atomic E-state index is -0.131. The molecule has 0 unspecified atom stereocenters. The molecular weight excluding hydrogens is 508 g/mol. The van der Waals surface area contributed by atoms with Crippen molar-refractivity contribution >= 4 is 49.5 Å². The zero-order chi connectivity index (χ0) is 19.9. The van der Waals surface area contributed by atoms with Gasteiger partial charge in [-0.25, -0.2) is 4.98 Å². The number of carbonyl (C=O) groups is 1. The molecule has 1 aromatic carbocycles. The van der Waals surface area contributed by atoms with E-state index in [1.165, 1.54) is 0 Å². The molecule has 0 spiro atoms. The lowest BCUT2D eigenvalue weighted by Crippen LogP contribution is -2.27. The number of benzene rings is 1. The molecule has 0 radical (unpaired) electrons. The molecule has 3 aromatic rings. The molecule has 148 valence electrons. The van der Waals surface area contributed by atoms with E-state index in [0.717, 1.165) is 37.7 Å². The van der Waals surface area contributed by atoms with Gasteiger partial charge in [-0.05, 0) is 62.9 Å². The maximum Gasteiger partial charge on any atom is 0.268 e. The highest BCUT2D eigenvalue weighted by atomic mass is 79.9. The average molecular weight is 528 g/mol. The Hall–Kier alpha value is -1.55. The molecule has 0 bridgehead atoms. The largest absolute Gasteiger partial charge is 0.364 e. The SMILES string of the molecule is COCn1c(C(=O)NCCCc2cnc(Sc3ccccc3)[nH]2)cc(Br)c1Br. The second kappa shape index (κ2) is 10.3. The van der Waals surface area contributed by atoms with Gasteiger partial charge in [0.1, 0.15) is 17.0 Å². The highest BCUT2D eigenvalue weighted by molar-refractivity contribution is 9.13. The smallest absolute Gasteiger partial charge is 0.268 e. The number of methoxy groups -OCH3 is 1. The number of hydrogen-bond acceptors (Lipinski definition) is 4. The highest BCUT2D eigenvalue weighted by Gasteiger charge is 2.17. The van der Waals surface area contributed by atoms with Crippen LogP contribution in [0.15, 0.2) is 61.7 Å². The van der Waals surface area contributed by atoms with Crippen molar-refractivity contribution in [3.8, 4) is 0 Å². The normalized spacial score (nSPS) is 11.0. The predicted molar refractivity (Wildman–Crippen MR) is 117 cm³/mol. The lowest BCUT2D eigenvalue weighted by Gasteiger charge is -2.10. The van der Waals surface area contributed by atoms with Crippen molar-refractivity contribution < 1.29 is 9.53 Å². The first-order valence-corrected chi connectivity index (χ1v) is 11.1. The summed E-state index contributed by atoms with van der Waals surface area (Å²) in [5.74, 6) is -0.131. The van der Waals surface area contributed by atoms with E-state index in [1.54, 1.807) is 29.5 Å². The van der Waals surface area contributed by atoms with Gasteiger partial charge in [0.25, 0.3) is 5.91 Å². The van der Waals surface area contributed by atoms with Crippen LogP contribution in [0.3, 0.4) is 0 Å². The first-order valence-electron chi connectivity index (χ1n) is 8.67. The number of H-pyrrole nitrogens is 1. The van der Waals surface area contributed by atoms with Crippen LogP contribution in [0.5, 0.6) is 0 Å². The topological polar surface area (TPSA) is 71.9 Å². The Morgan fingerprint density at radius 3 is 2.86 bits per heavy atom. The minimum Gasteiger partial charge on any atom is -0.364 e. The molecule has 0 saturated heterocycles. The van der Waals surface area contributed by atoms with E-state index in [4.69, 9.17) is 4.74 Å². The molecule has 2 aromatic heterocycles. The van der Waals surface area contributed by atoms with Gasteiger partial charge in [-0.3, -0.25) is 4.79 Å². The van der Waals surface area contributed by atoms with Crippen molar-refractivity contribution in [1.82, 2.24) is 19.9 Å². The quantitative estimate of drug-likeness (QED) is 0.390. The second-order valence-electron chi connectivity index (χ2n) is 6.00. The molecule has 3 rings (SSSR count). The number of nitrogens with zero attached hydrogens (tertiary/aromatic N) is 2. The van der Waals surface area contributed by atoms with Crippen molar-refractivity contribution in [2.24, 2.45) is 0 Å². The molecule has 0 saturated carbocycles. The van der Waals surface area contributed by atoms with Crippen molar-refractivity contribution in [2.75, 3.05) is 13.7 Å². The van der Waals surface area contributed by atoms with E-state index in [1.807, 2.05) is 24.4 Å². The first kappa shape index (κ1) is 21.2. The summed E-state index contributed by atoms with van der Waals surface area (Å²) in [4.78, 5) is 21.4. The predicted octanol–water partition coefficient (Wildman–Crippen LogP) is 4.85. The molecule has 2 N–H and O–H groups in total. The summed E-state index contributed by atoms with van der Waals surface area (Å²) in [5, 5.41) is 3.83. The summed E-state index contributed by atoms with van der Waals surface area (Å²) < 4.78 is 8.52. The maximum absolute atomic E-state index is 12.5. The van der Waals surface area contributed by atoms with E-state index in [0.29, 0.717) is 19.0 Å². The summed E-state index contributed by atoms with van der Waals surface area (Å²) in [7, 11) is 1.59. The van der Waals surface area contributed by atoms with Gasteiger partial charge in [-0.15, -0.1) is 0 Å². The van der Waals surface area contributed by atoms with Crippen LogP contribution in [0.2, 0.25) is 0 Å². The molecule has 9 heteroatoms. The molecule has 0 aliphatic carbocycles. The highest BCUT2D eigenvalue weighted by Crippen LogP contribution is 2.27. The van der Waals surface area contributed by atoms with Gasteiger partial charge in [-0.2, -0.15) is 0 Å². The third-order valence-electron chi connectivity index (χ3n) is 3.95. The number of imidazole rings is 1. The average Bonchev–Trinajstić information content (AvgIpc) is 3.25. The Bertz CT molecular complexity index is 927. The lowest BCUT2D eigenvalue weighted by atomic mass is 10.2. The Morgan fingerprint density at radius 1 is 1.32 bits per heavy atom. The minimum absolute atomic E-state index is 0.131. The van der Waals surface area contributed by atoms with Gasteiger partial charge < -0.3 is 19.6 Å². The number of aryl methyl sites for hydroxylation is 1. The van der Waals surface area contributed by atoms with Gasteiger partial charge >= 0.3 is 0 Å². The van der Waals surface area contributed by atoms with Crippen LogP contribution in [-0.4, -0.2) is 34.1 Å². The van der Waals surface area contributed by atoms with Gasteiger partial charge in [0.15, 0.2) is 5.16 Å². The number of hydrogen-bond donors (Lipinski definition) is 2. The summed E-state index contributed by atoms with van der Waals surface area (Å²) in [5.41, 5.74) is 1.60. The van der Waals surface area contributed by atoms with Crippen LogP contribution in [-0.2, 0) is 17.9 Å². The maximum atomic E-state index is 12.5. The van der Waals surface area contributed by atoms with Crippen LogP contribution < -0.4 is 5.32 Å². The summed E-state index contributed by atoms with van der Waals surface area (Å²) in [6.45, 7) is 0.872. The van der Waals surface area contributed by atoms with E-state index in [2.05, 4.69) is 59.3 Å². The van der Waals surface area contributed by atoms with Gasteiger partial charge in [0, 0.05) is 30.4 Å². The second-order valence-corrected chi connectivity index (χ2v) is 8.67. The summed E-state index contributed by atoms with van der Waals surface area (Å²) in [6, 6.07) is 11.9. The molecular formula is C19H20Br2N4O2S. The Morgan fingerprint density at radius 2 is 2.11 bits per heavy atom. The van der Waals surface area contributed by atoms with E-state index in [-0.39, 0.29) is 5.91 Å². The third-order valence-corrected chi connectivity index (χ3v) is 6.85. The molecule has 0 atom stereocenters. The van der Waals surface area contributed by atoms with Crippen LogP contribution in [0.4, 0.5) is 0 Å². The number of carbonyl (C=O) groups excluding carboxylic acids is 1. The third kappa shape index (κ3) is 5.50. The Balaban J connectivity index is 1.47. The number of amides is 1. The molecule has 6 nitrogen and oxygen atoms in total. The van der Waals surface area contributed by atoms with Crippen LogP contribution in [0.1, 0.15) is 22.6 Å². The number of rotatable bonds is 9. The Labute approximate surface area is 184 Å². The number of aromatic amines is 1. The van der Waals surface area contributed by atoms with Crippen molar-refractivity contribution in [3.63, 3.8) is 0 Å². The zero-order valence-electron chi connectivity index (χ0n) is 15.2. The fraction of sp³-hybridized carbons (Fsp3) is 0.263. The summed E-state index contributed by atoms with van der Waals surface area (Å²) >= 11 is 8.48. The number of nitrogens with one attached hydrogen (secondary N) is 2. The number of aromatic nitrogens is 3. The van der Waals surface area contributed by atoms with Gasteiger partial charge in [0.05, 0.1) is 4.47 Å². The molecule has 0 aliphatic heterocycles. The zero-order valence-corrected chi connectivity index (χ0v) is 19.2. The first-order chi connectivity index (χ1) is 13.6. The van der Waals surface area contributed by atoms with Crippen molar-refractivity contribution in [3.05, 3.63) is 63.1 Å². The standard InChI is InChI=1S/C19H20Br2N4O2S/c1-27-12-25-16(10-15(20)17(25)21)18(26)22-9-5-6-13-11-23-19(24-13)28-14-7-3-2-4-8-14/h2-4,7-8,10-11H,5-6,9,12H2,1H3,(H,22,26)(H,23,24). The van der Waals surface area contributed by atoms with Crippen LogP contribution in [0, 0.1) is 0 Å². The van der Waals surface area contributed by atoms with Gasteiger partial charge in [0.2, 0.25) is 0 Å². The molecule has 28 heavy (non-hydrogen) atoms. The van der Waals surface area contributed by atoms with Gasteiger partial charge in [-0.1, -0.05) is 30.0 Å². The fourth-order valence-electron chi connectivity index (χ4n) is 2.62. The monoisotopic (exact) mass is 526 g/mol. The van der Waals surface area contributed by atoms with Crippen LogP contribution >= 0.6 is 43.6 Å². The van der Waals surface area contributed by atoms with E-state index in [9.17, 15) is 4.79 Å². The number of halogens is 2. The Kier molecular flexibility index (Phi) is 7.78. The van der Waals surface area contributed by atoms with Crippen molar-refractivity contribution in [1.29, 1.82) is 0 Å². The van der Waals surface area contributed by atoms with Crippen molar-refractivity contribution in [2.45, 2.75) is 29.6 Å². The summed E-state index contributed by atoms with van der Waals surface area (Å²) in [6.07, 6.45) is 3.48. The van der Waals surface area contributed by atoms with E-state index < -0.39 is 0 Å². The number of ether oxygens (including phenoxy) is 1. The lowest BCUT2D eigenvalue weighted by molar-refractivity contribution is 0.0909. The molecule has 1 amide bonds.